The number of nitrogens with zero attached hydrogens (tertiary/aromatic N) is 3. The molecule has 0 fully saturated rings. The Morgan fingerprint density at radius 1 is 0.893 bits per heavy atom. The molecule has 0 saturated carbocycles. The van der Waals surface area contributed by atoms with Crippen LogP contribution in [0.2, 0.25) is 0 Å². The number of imidazole rings is 1. The fourth-order valence-corrected chi connectivity index (χ4v) is 3.17. The lowest BCUT2D eigenvalue weighted by Crippen LogP contribution is -1.98. The van der Waals surface area contributed by atoms with Gasteiger partial charge in [0, 0.05) is 36.1 Å². The van der Waals surface area contributed by atoms with Gasteiger partial charge in [-0.3, -0.25) is 4.98 Å². The molecule has 0 aliphatic heterocycles. The molecule has 0 saturated heterocycles. The molecule has 138 valence electrons. The van der Waals surface area contributed by atoms with Crippen molar-refractivity contribution < 1.29 is 14.3 Å². The Morgan fingerprint density at radius 3 is 2.11 bits per heavy atom. The fourth-order valence-electron chi connectivity index (χ4n) is 3.17. The van der Waals surface area contributed by atoms with Crippen LogP contribution in [0.15, 0.2) is 73.1 Å². The third kappa shape index (κ3) is 3.16. The van der Waals surface area contributed by atoms with Crippen molar-refractivity contribution in [2.45, 2.75) is 0 Å². The van der Waals surface area contributed by atoms with E-state index in [1.54, 1.807) is 48.8 Å². The lowest BCUT2D eigenvalue weighted by atomic mass is 10.0. The Bertz CT molecular complexity index is 1140. The Kier molecular flexibility index (Phi) is 4.45. The minimum absolute atomic E-state index is 0.212. The Hall–Kier alpha value is -3.80. The summed E-state index contributed by atoms with van der Waals surface area (Å²) in [6.07, 6.45) is 3.39. The fraction of sp³-hybridized carbons (Fsp3) is 0.0455. The molecule has 0 amide bonds. The average molecular weight is 373 g/mol. The molecule has 0 spiro atoms. The number of hydrogen-bond acceptors (Lipinski definition) is 3. The monoisotopic (exact) mass is 373 g/mol. The van der Waals surface area contributed by atoms with Gasteiger partial charge in [-0.05, 0) is 48.5 Å². The third-order valence-corrected chi connectivity index (χ3v) is 4.56. The van der Waals surface area contributed by atoms with Crippen molar-refractivity contribution in [3.63, 3.8) is 0 Å². The van der Waals surface area contributed by atoms with Gasteiger partial charge in [0.2, 0.25) is 0 Å². The maximum absolute atomic E-state index is 13.4. The number of rotatable bonds is 4. The summed E-state index contributed by atoms with van der Waals surface area (Å²) >= 11 is 0. The smallest absolute Gasteiger partial charge is 0.335 e. The Morgan fingerprint density at radius 2 is 1.50 bits per heavy atom. The first-order valence-electron chi connectivity index (χ1n) is 8.61. The highest BCUT2D eigenvalue weighted by molar-refractivity contribution is 5.89. The molecule has 1 N–H and O–H groups in total. The molecule has 2 aromatic carbocycles. The van der Waals surface area contributed by atoms with E-state index in [2.05, 4.69) is 4.98 Å². The summed E-state index contributed by atoms with van der Waals surface area (Å²) in [5.41, 5.74) is 4.21. The standard InChI is InChI=1S/C22H16FN3O2/c1-26-20(15-2-4-17(5-3-15)22(27)28)19(14-6-8-18(23)9-7-14)25-21(26)16-10-12-24-13-11-16/h2-13H,1H3,(H,27,28). The number of carbonyl (C=O) groups is 1. The molecule has 6 heteroatoms. The van der Waals surface area contributed by atoms with Crippen LogP contribution in [0.5, 0.6) is 0 Å². The van der Waals surface area contributed by atoms with E-state index >= 15 is 0 Å². The third-order valence-electron chi connectivity index (χ3n) is 4.56. The van der Waals surface area contributed by atoms with Gasteiger partial charge < -0.3 is 9.67 Å². The van der Waals surface area contributed by atoms with Crippen molar-refractivity contribution >= 4 is 5.97 Å². The summed E-state index contributed by atoms with van der Waals surface area (Å²) in [6.45, 7) is 0. The zero-order chi connectivity index (χ0) is 19.7. The summed E-state index contributed by atoms with van der Waals surface area (Å²) in [5, 5.41) is 9.15. The summed E-state index contributed by atoms with van der Waals surface area (Å²) in [7, 11) is 1.90. The number of hydrogen-bond donors (Lipinski definition) is 1. The molecule has 0 atom stereocenters. The normalized spacial score (nSPS) is 10.8. The predicted octanol–water partition coefficient (Wildman–Crippen LogP) is 4.65. The van der Waals surface area contributed by atoms with E-state index in [-0.39, 0.29) is 11.4 Å². The zero-order valence-corrected chi connectivity index (χ0v) is 15.0. The molecule has 28 heavy (non-hydrogen) atoms. The van der Waals surface area contributed by atoms with Crippen molar-refractivity contribution in [1.82, 2.24) is 14.5 Å². The van der Waals surface area contributed by atoms with Crippen LogP contribution in [-0.4, -0.2) is 25.6 Å². The molecular weight excluding hydrogens is 357 g/mol. The first kappa shape index (κ1) is 17.6. The Balaban J connectivity index is 1.93. The van der Waals surface area contributed by atoms with E-state index in [1.165, 1.54) is 12.1 Å². The van der Waals surface area contributed by atoms with Gasteiger partial charge in [0.05, 0.1) is 17.0 Å². The molecule has 0 radical (unpaired) electrons. The highest BCUT2D eigenvalue weighted by atomic mass is 19.1. The van der Waals surface area contributed by atoms with E-state index in [9.17, 15) is 9.18 Å². The van der Waals surface area contributed by atoms with Crippen LogP contribution >= 0.6 is 0 Å². The zero-order valence-electron chi connectivity index (χ0n) is 15.0. The molecule has 0 aliphatic rings. The molecule has 0 bridgehead atoms. The quantitative estimate of drug-likeness (QED) is 0.565. The van der Waals surface area contributed by atoms with Gasteiger partial charge in [0.15, 0.2) is 0 Å². The van der Waals surface area contributed by atoms with Gasteiger partial charge >= 0.3 is 5.97 Å². The number of carboxylic acids is 1. The van der Waals surface area contributed by atoms with Gasteiger partial charge in [-0.15, -0.1) is 0 Å². The van der Waals surface area contributed by atoms with Crippen molar-refractivity contribution in [2.75, 3.05) is 0 Å². The van der Waals surface area contributed by atoms with Crippen molar-refractivity contribution in [2.24, 2.45) is 7.05 Å². The minimum Gasteiger partial charge on any atom is -0.478 e. The maximum Gasteiger partial charge on any atom is 0.335 e. The second-order valence-electron chi connectivity index (χ2n) is 6.32. The van der Waals surface area contributed by atoms with Crippen LogP contribution < -0.4 is 0 Å². The van der Waals surface area contributed by atoms with Gasteiger partial charge in [-0.25, -0.2) is 14.2 Å². The molecule has 2 heterocycles. The number of aromatic carboxylic acids is 1. The van der Waals surface area contributed by atoms with Crippen molar-refractivity contribution in [3.8, 4) is 33.9 Å². The Labute approximate surface area is 160 Å². The van der Waals surface area contributed by atoms with Crippen LogP contribution in [0.4, 0.5) is 4.39 Å². The van der Waals surface area contributed by atoms with E-state index in [4.69, 9.17) is 10.1 Å². The highest BCUT2D eigenvalue weighted by Gasteiger charge is 2.19. The number of aromatic nitrogens is 3. The van der Waals surface area contributed by atoms with Crippen LogP contribution in [0.3, 0.4) is 0 Å². The maximum atomic E-state index is 13.4. The lowest BCUT2D eigenvalue weighted by molar-refractivity contribution is 0.0697. The first-order chi connectivity index (χ1) is 13.5. The van der Waals surface area contributed by atoms with Crippen molar-refractivity contribution in [1.29, 1.82) is 0 Å². The summed E-state index contributed by atoms with van der Waals surface area (Å²) < 4.78 is 15.4. The lowest BCUT2D eigenvalue weighted by Gasteiger charge is -2.09. The molecular formula is C22H16FN3O2. The molecule has 4 aromatic rings. The molecule has 2 aromatic heterocycles. The van der Waals surface area contributed by atoms with Crippen LogP contribution in [0, 0.1) is 5.82 Å². The molecule has 5 nitrogen and oxygen atoms in total. The largest absolute Gasteiger partial charge is 0.478 e. The van der Waals surface area contributed by atoms with Gasteiger partial charge in [-0.1, -0.05) is 12.1 Å². The van der Waals surface area contributed by atoms with Crippen molar-refractivity contribution in [3.05, 3.63) is 84.4 Å². The van der Waals surface area contributed by atoms with Gasteiger partial charge in [0.25, 0.3) is 0 Å². The SMILES string of the molecule is Cn1c(-c2ccncc2)nc(-c2ccc(F)cc2)c1-c1ccc(C(=O)O)cc1. The molecule has 0 unspecified atom stereocenters. The summed E-state index contributed by atoms with van der Waals surface area (Å²) in [5.74, 6) is -0.562. The topological polar surface area (TPSA) is 68.0 Å². The average Bonchev–Trinajstić information content (AvgIpc) is 3.06. The number of halogens is 1. The molecule has 4 rings (SSSR count). The van der Waals surface area contributed by atoms with E-state index < -0.39 is 5.97 Å². The highest BCUT2D eigenvalue weighted by Crippen LogP contribution is 2.35. The number of benzene rings is 2. The van der Waals surface area contributed by atoms with Crippen LogP contribution in [0.1, 0.15) is 10.4 Å². The number of pyridine rings is 1. The second kappa shape index (κ2) is 7.08. The summed E-state index contributed by atoms with van der Waals surface area (Å²) in [4.78, 5) is 20.0. The predicted molar refractivity (Wildman–Crippen MR) is 104 cm³/mol. The van der Waals surface area contributed by atoms with Crippen LogP contribution in [-0.2, 0) is 7.05 Å². The van der Waals surface area contributed by atoms with Gasteiger partial charge in [0.1, 0.15) is 11.6 Å². The second-order valence-corrected chi connectivity index (χ2v) is 6.32. The van der Waals surface area contributed by atoms with E-state index in [0.29, 0.717) is 5.69 Å². The van der Waals surface area contributed by atoms with E-state index in [0.717, 1.165) is 28.2 Å². The first-order valence-corrected chi connectivity index (χ1v) is 8.61. The van der Waals surface area contributed by atoms with Crippen LogP contribution in [0.25, 0.3) is 33.9 Å². The minimum atomic E-state index is -0.979. The number of carboxylic acid groups (broad SMARTS) is 1. The van der Waals surface area contributed by atoms with E-state index in [1.807, 2.05) is 23.7 Å². The van der Waals surface area contributed by atoms with Gasteiger partial charge in [-0.2, -0.15) is 0 Å². The molecule has 0 aliphatic carbocycles. The summed E-state index contributed by atoms with van der Waals surface area (Å²) in [6, 6.07) is 16.5.